The van der Waals surface area contributed by atoms with Gasteiger partial charge in [-0.3, -0.25) is 0 Å². The fourth-order valence-corrected chi connectivity index (χ4v) is 7.86. The molecule has 2 aliphatic rings. The molecular weight excluding hydrogens is 661 g/mol. The molecule has 0 amide bonds. The summed E-state index contributed by atoms with van der Waals surface area (Å²) >= 11 is 1.59. The third-order valence-electron chi connectivity index (χ3n) is 10.7. The van der Waals surface area contributed by atoms with Crippen LogP contribution in [0.25, 0.3) is 16.3 Å². The Kier molecular flexibility index (Phi) is 10.0. The predicted octanol–water partition coefficient (Wildman–Crippen LogP) is 7.56. The molecule has 0 bridgehead atoms. The van der Waals surface area contributed by atoms with E-state index in [-0.39, 0.29) is 5.41 Å². The van der Waals surface area contributed by atoms with Crippen LogP contribution in [0.15, 0.2) is 49.2 Å². The fourth-order valence-electron chi connectivity index (χ4n) is 6.97. The van der Waals surface area contributed by atoms with Crippen molar-refractivity contribution in [2.24, 2.45) is 5.41 Å². The Hall–Kier alpha value is -3.58. The maximum absolute atomic E-state index is 12.8. The Morgan fingerprint density at radius 1 is 1.14 bits per heavy atom. The molecule has 51 heavy (non-hydrogen) atoms. The molecule has 10 nitrogen and oxygen atoms in total. The summed E-state index contributed by atoms with van der Waals surface area (Å²) < 4.78 is 20.8. The number of aliphatic carboxylic acids is 1. The van der Waals surface area contributed by atoms with Gasteiger partial charge in [0.1, 0.15) is 16.5 Å². The largest absolute Gasteiger partial charge is 0.495 e. The van der Waals surface area contributed by atoms with Gasteiger partial charge in [-0.25, -0.2) is 14.8 Å². The second kappa shape index (κ2) is 13.8. The second-order valence-corrected chi connectivity index (χ2v) is 17.5. The van der Waals surface area contributed by atoms with Gasteiger partial charge < -0.3 is 24.1 Å². The summed E-state index contributed by atoms with van der Waals surface area (Å²) in [6.45, 7) is 23.5. The van der Waals surface area contributed by atoms with Crippen LogP contribution in [-0.4, -0.2) is 67.7 Å². The molecule has 2 aliphatic heterocycles. The monoisotopic (exact) mass is 713 g/mol. The average Bonchev–Trinajstić information content (AvgIpc) is 3.74. The molecule has 12 heteroatoms. The molecular formula is C39H52BN5O5S. The molecule has 272 valence electrons. The number of fused-ring (bicyclic) bond motifs is 1. The number of carbonyl (C=O) groups is 1. The van der Waals surface area contributed by atoms with E-state index in [4.69, 9.17) is 29.1 Å². The Morgan fingerprint density at radius 3 is 2.43 bits per heavy atom. The second-order valence-electron chi connectivity index (χ2n) is 16.4. The van der Waals surface area contributed by atoms with Gasteiger partial charge in [0.25, 0.3) is 0 Å². The first-order valence-corrected chi connectivity index (χ1v) is 18.8. The summed E-state index contributed by atoms with van der Waals surface area (Å²) in [5.41, 5.74) is 3.24. The molecule has 1 atom stereocenters. The van der Waals surface area contributed by atoms with E-state index in [1.807, 2.05) is 58.2 Å². The smallest absolute Gasteiger partial charge is 0.479 e. The topological polar surface area (TPSA) is 111 Å². The standard InChI is InChI=1S/C39H52BN5O5S/c1-11-12-17-39(10)18-20-44(21-19-39)34-31(32(35(46)47)48-36(3,4)5)25(2)42-30-23-29(43-45(30)34)33-41-24-27(51-33)22-26-15-13-14-16-28(26)40-49-37(6,7)38(8,9)50-40/h11,13-16,23-24,32H,1,12,17-22H2,2-10H3,(H,46,47). The molecule has 5 heterocycles. The minimum Gasteiger partial charge on any atom is -0.479 e. The maximum Gasteiger partial charge on any atom is 0.495 e. The minimum absolute atomic E-state index is 0.188. The Labute approximate surface area is 306 Å². The first-order valence-electron chi connectivity index (χ1n) is 18.0. The van der Waals surface area contributed by atoms with Crippen molar-refractivity contribution in [3.63, 3.8) is 0 Å². The van der Waals surface area contributed by atoms with Crippen molar-refractivity contribution in [3.05, 3.63) is 70.9 Å². The Balaban J connectivity index is 1.36. The number of hydrogen-bond donors (Lipinski definition) is 1. The van der Waals surface area contributed by atoms with Gasteiger partial charge in [-0.1, -0.05) is 37.3 Å². The van der Waals surface area contributed by atoms with Crippen molar-refractivity contribution < 1.29 is 23.9 Å². The molecule has 0 spiro atoms. The number of rotatable bonds is 11. The zero-order valence-corrected chi connectivity index (χ0v) is 32.4. The summed E-state index contributed by atoms with van der Waals surface area (Å²) in [4.78, 5) is 25.9. The Bertz CT molecular complexity index is 1900. The van der Waals surface area contributed by atoms with Crippen LogP contribution in [0.1, 0.15) is 109 Å². The molecule has 2 fully saturated rings. The molecule has 6 rings (SSSR count). The summed E-state index contributed by atoms with van der Waals surface area (Å²) in [6, 6.07) is 10.2. The Morgan fingerprint density at radius 2 is 1.80 bits per heavy atom. The lowest BCUT2D eigenvalue weighted by Gasteiger charge is -2.41. The first kappa shape index (κ1) is 37.2. The van der Waals surface area contributed by atoms with Gasteiger partial charge in [-0.2, -0.15) is 9.61 Å². The number of carboxylic acids is 1. The predicted molar refractivity (Wildman–Crippen MR) is 204 cm³/mol. The lowest BCUT2D eigenvalue weighted by Crippen LogP contribution is -2.41. The number of nitrogens with zero attached hydrogens (tertiary/aromatic N) is 5. The third kappa shape index (κ3) is 7.65. The van der Waals surface area contributed by atoms with E-state index in [9.17, 15) is 9.90 Å². The van der Waals surface area contributed by atoms with Crippen molar-refractivity contribution in [1.82, 2.24) is 19.6 Å². The van der Waals surface area contributed by atoms with Crippen molar-refractivity contribution in [1.29, 1.82) is 0 Å². The number of aryl methyl sites for hydroxylation is 1. The highest BCUT2D eigenvalue weighted by Gasteiger charge is 2.52. The van der Waals surface area contributed by atoms with Crippen LogP contribution in [0.5, 0.6) is 0 Å². The van der Waals surface area contributed by atoms with Crippen molar-refractivity contribution >= 4 is 41.4 Å². The highest BCUT2D eigenvalue weighted by Crippen LogP contribution is 2.42. The molecule has 2 saturated heterocycles. The lowest BCUT2D eigenvalue weighted by atomic mass is 9.75. The van der Waals surface area contributed by atoms with E-state index in [1.54, 1.807) is 15.9 Å². The summed E-state index contributed by atoms with van der Waals surface area (Å²) in [6.07, 6.45) is 7.34. The van der Waals surface area contributed by atoms with Crippen LogP contribution >= 0.6 is 11.3 Å². The van der Waals surface area contributed by atoms with Gasteiger partial charge in [-0.05, 0) is 97.5 Å². The molecule has 3 aromatic heterocycles. The van der Waals surface area contributed by atoms with Crippen molar-refractivity contribution in [2.45, 2.75) is 117 Å². The molecule has 0 saturated carbocycles. The van der Waals surface area contributed by atoms with Gasteiger partial charge >= 0.3 is 13.1 Å². The molecule has 0 radical (unpaired) electrons. The normalized spacial score (nSPS) is 19.1. The van der Waals surface area contributed by atoms with Crippen LogP contribution in [-0.2, 0) is 25.3 Å². The zero-order valence-electron chi connectivity index (χ0n) is 31.6. The summed E-state index contributed by atoms with van der Waals surface area (Å²) in [7, 11) is -0.453. The SMILES string of the molecule is C=CCCC1(C)CCN(c2c(C(OC(C)(C)C)C(=O)O)c(C)nc3cc(-c4ncc(Cc5ccccc5B5OC(C)(C)C(C)(C)O5)s4)nn23)CC1. The quantitative estimate of drug-likeness (QED) is 0.124. The van der Waals surface area contributed by atoms with Crippen molar-refractivity contribution in [3.8, 4) is 10.7 Å². The van der Waals surface area contributed by atoms with E-state index in [0.717, 1.165) is 65.5 Å². The summed E-state index contributed by atoms with van der Waals surface area (Å²) in [5.74, 6) is -0.333. The van der Waals surface area contributed by atoms with Gasteiger partial charge in [0.15, 0.2) is 11.8 Å². The number of benzene rings is 1. The molecule has 1 aromatic carbocycles. The average molecular weight is 714 g/mol. The minimum atomic E-state index is -1.21. The van der Waals surface area contributed by atoms with Crippen molar-refractivity contribution in [2.75, 3.05) is 18.0 Å². The van der Waals surface area contributed by atoms with E-state index >= 15 is 0 Å². The number of aromatic nitrogens is 4. The number of thiazole rings is 1. The van der Waals surface area contributed by atoms with Crippen LogP contribution in [0.3, 0.4) is 0 Å². The van der Waals surface area contributed by atoms with E-state index < -0.39 is 36.0 Å². The van der Waals surface area contributed by atoms with E-state index in [2.05, 4.69) is 58.2 Å². The van der Waals surface area contributed by atoms with Gasteiger partial charge in [0.2, 0.25) is 0 Å². The van der Waals surface area contributed by atoms with Crippen LogP contribution in [0.4, 0.5) is 5.82 Å². The van der Waals surface area contributed by atoms with Gasteiger partial charge in [0.05, 0.1) is 22.4 Å². The number of carboxylic acid groups (broad SMARTS) is 1. The fraction of sp³-hybridized carbons (Fsp3) is 0.538. The van der Waals surface area contributed by atoms with Crippen LogP contribution in [0.2, 0.25) is 0 Å². The van der Waals surface area contributed by atoms with Gasteiger partial charge in [0, 0.05) is 42.3 Å². The van der Waals surface area contributed by atoms with E-state index in [0.29, 0.717) is 29.0 Å². The highest BCUT2D eigenvalue weighted by atomic mass is 32.1. The number of hydrogen-bond acceptors (Lipinski definition) is 9. The molecule has 4 aromatic rings. The molecule has 1 unspecified atom stereocenters. The molecule has 0 aliphatic carbocycles. The number of allylic oxidation sites excluding steroid dienone is 1. The first-order chi connectivity index (χ1) is 23.9. The van der Waals surface area contributed by atoms with Crippen LogP contribution in [0, 0.1) is 12.3 Å². The zero-order chi connectivity index (χ0) is 36.9. The van der Waals surface area contributed by atoms with Crippen LogP contribution < -0.4 is 10.4 Å². The van der Waals surface area contributed by atoms with E-state index in [1.165, 1.54) is 0 Å². The maximum atomic E-state index is 12.8. The lowest BCUT2D eigenvalue weighted by molar-refractivity contribution is -0.160. The highest BCUT2D eigenvalue weighted by molar-refractivity contribution is 7.15. The summed E-state index contributed by atoms with van der Waals surface area (Å²) in [5, 5.41) is 16.3. The number of anilines is 1. The number of ether oxygens (including phenoxy) is 1. The van der Waals surface area contributed by atoms with Gasteiger partial charge in [-0.15, -0.1) is 17.9 Å². The number of piperidine rings is 1. The molecule has 1 N–H and O–H groups in total. The third-order valence-corrected chi connectivity index (χ3v) is 11.7.